The smallest absolute Gasteiger partial charge is 0.115 e. The highest BCUT2D eigenvalue weighted by Crippen LogP contribution is 2.21. The van der Waals surface area contributed by atoms with Crippen LogP contribution < -0.4 is 0 Å². The van der Waals surface area contributed by atoms with Crippen molar-refractivity contribution in [1.29, 1.82) is 0 Å². The lowest BCUT2D eigenvalue weighted by Crippen LogP contribution is -1.87. The Morgan fingerprint density at radius 3 is 2.24 bits per heavy atom. The first-order valence-corrected chi connectivity index (χ1v) is 6.77. The topological polar surface area (TPSA) is 20.2 Å². The molecular formula is C14H13ClOS. The van der Waals surface area contributed by atoms with Crippen LogP contribution in [0.5, 0.6) is 5.75 Å². The number of aryl methyl sites for hydroxylation is 1. The molecule has 0 unspecified atom stereocenters. The zero-order chi connectivity index (χ0) is 12.1. The molecule has 0 atom stereocenters. The number of thioether (sulfide) groups is 1. The lowest BCUT2D eigenvalue weighted by molar-refractivity contribution is 0.475. The monoisotopic (exact) mass is 264 g/mol. The van der Waals surface area contributed by atoms with E-state index in [1.807, 2.05) is 48.2 Å². The van der Waals surface area contributed by atoms with Gasteiger partial charge in [-0.25, -0.2) is 0 Å². The van der Waals surface area contributed by atoms with Crippen molar-refractivity contribution in [2.75, 3.05) is 5.75 Å². The minimum absolute atomic E-state index is 0.319. The van der Waals surface area contributed by atoms with E-state index in [2.05, 4.69) is 0 Å². The molecule has 3 heteroatoms. The van der Waals surface area contributed by atoms with Crippen LogP contribution >= 0.6 is 23.4 Å². The van der Waals surface area contributed by atoms with E-state index in [0.29, 0.717) is 5.75 Å². The first-order chi connectivity index (χ1) is 8.24. The summed E-state index contributed by atoms with van der Waals surface area (Å²) in [5.41, 5.74) is 1.24. The van der Waals surface area contributed by atoms with Crippen LogP contribution in [0.15, 0.2) is 53.4 Å². The van der Waals surface area contributed by atoms with Crippen LogP contribution in [-0.4, -0.2) is 10.9 Å². The maximum Gasteiger partial charge on any atom is 0.115 e. The van der Waals surface area contributed by atoms with Crippen LogP contribution in [0.2, 0.25) is 5.02 Å². The third-order valence-corrected chi connectivity index (χ3v) is 3.68. The highest BCUT2D eigenvalue weighted by atomic mass is 35.5. The molecule has 2 rings (SSSR count). The molecular weight excluding hydrogens is 252 g/mol. The predicted octanol–water partition coefficient (Wildman–Crippen LogP) is 4.38. The molecule has 88 valence electrons. The van der Waals surface area contributed by atoms with Gasteiger partial charge in [0.2, 0.25) is 0 Å². The normalized spacial score (nSPS) is 10.4. The fourth-order valence-electron chi connectivity index (χ4n) is 1.48. The van der Waals surface area contributed by atoms with Gasteiger partial charge in [0, 0.05) is 15.7 Å². The number of rotatable bonds is 4. The Morgan fingerprint density at radius 1 is 0.941 bits per heavy atom. The van der Waals surface area contributed by atoms with Crippen molar-refractivity contribution < 1.29 is 5.11 Å². The summed E-state index contributed by atoms with van der Waals surface area (Å²) in [6.07, 6.45) is 0.994. The van der Waals surface area contributed by atoms with Crippen molar-refractivity contribution in [3.63, 3.8) is 0 Å². The summed E-state index contributed by atoms with van der Waals surface area (Å²) in [4.78, 5) is 1.23. The Balaban J connectivity index is 1.83. The zero-order valence-corrected chi connectivity index (χ0v) is 10.8. The molecule has 0 aliphatic heterocycles. The molecule has 1 N–H and O–H groups in total. The summed E-state index contributed by atoms with van der Waals surface area (Å²) >= 11 is 7.63. The van der Waals surface area contributed by atoms with E-state index in [0.717, 1.165) is 17.2 Å². The Kier molecular flexibility index (Phi) is 4.35. The molecule has 0 spiro atoms. The Morgan fingerprint density at radius 2 is 1.59 bits per heavy atom. The van der Waals surface area contributed by atoms with E-state index in [9.17, 15) is 0 Å². The number of phenolic OH excluding ortho intramolecular Hbond substituents is 1. The second-order valence-electron chi connectivity index (χ2n) is 3.72. The first-order valence-electron chi connectivity index (χ1n) is 5.40. The van der Waals surface area contributed by atoms with Crippen molar-refractivity contribution in [3.8, 4) is 5.75 Å². The van der Waals surface area contributed by atoms with Crippen molar-refractivity contribution >= 4 is 23.4 Å². The summed E-state index contributed by atoms with van der Waals surface area (Å²) < 4.78 is 0. The molecule has 1 nitrogen and oxygen atoms in total. The SMILES string of the molecule is Oc1ccc(CCSc2ccc(Cl)cc2)cc1. The summed E-state index contributed by atoms with van der Waals surface area (Å²) in [6.45, 7) is 0. The van der Waals surface area contributed by atoms with Crippen LogP contribution in [0.1, 0.15) is 5.56 Å². The van der Waals surface area contributed by atoms with Gasteiger partial charge in [0.1, 0.15) is 5.75 Å². The number of hydrogen-bond donors (Lipinski definition) is 1. The summed E-state index contributed by atoms with van der Waals surface area (Å²) in [7, 11) is 0. The first kappa shape index (κ1) is 12.3. The number of aromatic hydroxyl groups is 1. The Labute approximate surface area is 110 Å². The van der Waals surface area contributed by atoms with Gasteiger partial charge in [-0.2, -0.15) is 0 Å². The van der Waals surface area contributed by atoms with Crippen LogP contribution in [0, 0.1) is 0 Å². The van der Waals surface area contributed by atoms with E-state index >= 15 is 0 Å². The van der Waals surface area contributed by atoms with Gasteiger partial charge in [-0.1, -0.05) is 23.7 Å². The maximum absolute atomic E-state index is 9.17. The molecule has 0 saturated heterocycles. The number of hydrogen-bond acceptors (Lipinski definition) is 2. The molecule has 2 aromatic rings. The second-order valence-corrected chi connectivity index (χ2v) is 5.32. The third-order valence-electron chi connectivity index (χ3n) is 2.41. The molecule has 2 aromatic carbocycles. The molecule has 0 amide bonds. The van der Waals surface area contributed by atoms with Crippen LogP contribution in [0.3, 0.4) is 0 Å². The van der Waals surface area contributed by atoms with Crippen molar-refractivity contribution in [2.45, 2.75) is 11.3 Å². The van der Waals surface area contributed by atoms with Crippen molar-refractivity contribution in [2.24, 2.45) is 0 Å². The minimum Gasteiger partial charge on any atom is -0.508 e. The minimum atomic E-state index is 0.319. The summed E-state index contributed by atoms with van der Waals surface area (Å²) in [5, 5.41) is 9.94. The number of phenols is 1. The molecule has 17 heavy (non-hydrogen) atoms. The van der Waals surface area contributed by atoms with E-state index in [1.165, 1.54) is 10.5 Å². The molecule has 0 saturated carbocycles. The van der Waals surface area contributed by atoms with Gasteiger partial charge in [0.25, 0.3) is 0 Å². The average molecular weight is 265 g/mol. The summed E-state index contributed by atoms with van der Waals surface area (Å²) in [6, 6.07) is 15.2. The number of halogens is 1. The van der Waals surface area contributed by atoms with E-state index in [1.54, 1.807) is 12.1 Å². The Hall–Kier alpha value is -1.12. The van der Waals surface area contributed by atoms with Gasteiger partial charge in [-0.05, 0) is 48.4 Å². The quantitative estimate of drug-likeness (QED) is 0.827. The molecule has 0 aromatic heterocycles. The molecule has 0 radical (unpaired) electrons. The van der Waals surface area contributed by atoms with E-state index in [4.69, 9.17) is 16.7 Å². The highest BCUT2D eigenvalue weighted by molar-refractivity contribution is 7.99. The summed E-state index contributed by atoms with van der Waals surface area (Å²) in [5.74, 6) is 1.34. The zero-order valence-electron chi connectivity index (χ0n) is 9.27. The van der Waals surface area contributed by atoms with Crippen LogP contribution in [-0.2, 0) is 6.42 Å². The van der Waals surface area contributed by atoms with Gasteiger partial charge in [0.05, 0.1) is 0 Å². The molecule has 0 aliphatic rings. The standard InChI is InChI=1S/C14H13ClOS/c15-12-3-7-14(8-4-12)17-10-9-11-1-5-13(16)6-2-11/h1-8,16H,9-10H2. The van der Waals surface area contributed by atoms with Crippen LogP contribution in [0.25, 0.3) is 0 Å². The maximum atomic E-state index is 9.17. The second kappa shape index (κ2) is 5.99. The van der Waals surface area contributed by atoms with E-state index < -0.39 is 0 Å². The van der Waals surface area contributed by atoms with Gasteiger partial charge in [0.15, 0.2) is 0 Å². The number of benzene rings is 2. The van der Waals surface area contributed by atoms with Crippen molar-refractivity contribution in [1.82, 2.24) is 0 Å². The Bertz CT molecular complexity index is 419. The van der Waals surface area contributed by atoms with Gasteiger partial charge < -0.3 is 5.11 Å². The fraction of sp³-hybridized carbons (Fsp3) is 0.143. The van der Waals surface area contributed by atoms with E-state index in [-0.39, 0.29) is 0 Å². The average Bonchev–Trinajstić information content (AvgIpc) is 2.34. The molecule has 0 heterocycles. The van der Waals surface area contributed by atoms with Crippen molar-refractivity contribution in [3.05, 3.63) is 59.1 Å². The largest absolute Gasteiger partial charge is 0.508 e. The third kappa shape index (κ3) is 3.99. The fourth-order valence-corrected chi connectivity index (χ4v) is 2.51. The van der Waals surface area contributed by atoms with Crippen LogP contribution in [0.4, 0.5) is 0 Å². The van der Waals surface area contributed by atoms with Gasteiger partial charge in [-0.15, -0.1) is 11.8 Å². The molecule has 0 fully saturated rings. The lowest BCUT2D eigenvalue weighted by Gasteiger charge is -2.02. The molecule has 0 aliphatic carbocycles. The van der Waals surface area contributed by atoms with Gasteiger partial charge >= 0.3 is 0 Å². The predicted molar refractivity (Wildman–Crippen MR) is 74.0 cm³/mol. The lowest BCUT2D eigenvalue weighted by atomic mass is 10.2. The highest BCUT2D eigenvalue weighted by Gasteiger charge is 1.97. The van der Waals surface area contributed by atoms with Gasteiger partial charge in [-0.3, -0.25) is 0 Å². The molecule has 0 bridgehead atoms.